The zero-order valence-corrected chi connectivity index (χ0v) is 11.8. The molecule has 18 heavy (non-hydrogen) atoms. The Kier molecular flexibility index (Phi) is 4.60. The maximum Gasteiger partial charge on any atom is 0.0140 e. The van der Waals surface area contributed by atoms with Crippen molar-refractivity contribution in [3.8, 4) is 0 Å². The third-order valence-electron chi connectivity index (χ3n) is 3.67. The van der Waals surface area contributed by atoms with Crippen LogP contribution in [0, 0.1) is 11.8 Å². The van der Waals surface area contributed by atoms with E-state index < -0.39 is 0 Å². The molecule has 1 aliphatic carbocycles. The summed E-state index contributed by atoms with van der Waals surface area (Å²) in [7, 11) is 0. The maximum absolute atomic E-state index is 3.64. The first kappa shape index (κ1) is 13.4. The second-order valence-electron chi connectivity index (χ2n) is 5.61. The Bertz CT molecular complexity index is 391. The summed E-state index contributed by atoms with van der Waals surface area (Å²) < 4.78 is 0. The fourth-order valence-electron chi connectivity index (χ4n) is 2.56. The van der Waals surface area contributed by atoms with E-state index in [1.807, 2.05) is 0 Å². The summed E-state index contributed by atoms with van der Waals surface area (Å²) in [5.41, 5.74) is 2.94. The number of rotatable bonds is 6. The number of hydrogen-bond donors (Lipinski definition) is 1. The number of benzene rings is 1. The predicted molar refractivity (Wildman–Crippen MR) is 79.4 cm³/mol. The third kappa shape index (κ3) is 3.46. The molecule has 1 heteroatoms. The fraction of sp³-hybridized carbons (Fsp3) is 0.529. The van der Waals surface area contributed by atoms with E-state index in [1.165, 1.54) is 18.4 Å². The van der Waals surface area contributed by atoms with Gasteiger partial charge in [0, 0.05) is 6.04 Å². The molecule has 0 aliphatic heterocycles. The maximum atomic E-state index is 3.64. The van der Waals surface area contributed by atoms with Gasteiger partial charge in [-0.25, -0.2) is 0 Å². The van der Waals surface area contributed by atoms with Crippen LogP contribution in [0.4, 0.5) is 0 Å². The molecule has 0 spiro atoms. The summed E-state index contributed by atoms with van der Waals surface area (Å²) >= 11 is 0. The van der Waals surface area contributed by atoms with Crippen LogP contribution in [0.25, 0.3) is 6.08 Å². The van der Waals surface area contributed by atoms with Crippen LogP contribution in [0.2, 0.25) is 0 Å². The molecule has 0 amide bonds. The lowest BCUT2D eigenvalue weighted by Gasteiger charge is -2.12. The largest absolute Gasteiger partial charge is 0.313 e. The minimum absolute atomic E-state index is 0.642. The Labute approximate surface area is 111 Å². The smallest absolute Gasteiger partial charge is 0.0140 e. The van der Waals surface area contributed by atoms with Crippen LogP contribution < -0.4 is 5.32 Å². The molecule has 1 N–H and O–H groups in total. The monoisotopic (exact) mass is 243 g/mol. The molecule has 1 fully saturated rings. The molecule has 98 valence electrons. The topological polar surface area (TPSA) is 12.0 Å². The highest BCUT2D eigenvalue weighted by Crippen LogP contribution is 2.41. The molecule has 0 saturated heterocycles. The molecule has 0 aromatic heterocycles. The van der Waals surface area contributed by atoms with Gasteiger partial charge in [-0.15, -0.1) is 0 Å². The Morgan fingerprint density at radius 1 is 1.33 bits per heavy atom. The van der Waals surface area contributed by atoms with E-state index in [2.05, 4.69) is 62.5 Å². The van der Waals surface area contributed by atoms with Gasteiger partial charge in [-0.3, -0.25) is 0 Å². The molecule has 2 rings (SSSR count). The highest BCUT2D eigenvalue weighted by atomic mass is 15.0. The van der Waals surface area contributed by atoms with Crippen molar-refractivity contribution in [2.75, 3.05) is 6.54 Å². The lowest BCUT2D eigenvalue weighted by molar-refractivity contribution is 0.621. The quantitative estimate of drug-likeness (QED) is 0.792. The number of hydrogen-bond acceptors (Lipinski definition) is 1. The van der Waals surface area contributed by atoms with E-state index in [0.717, 1.165) is 18.5 Å². The molecule has 1 saturated carbocycles. The van der Waals surface area contributed by atoms with Crippen molar-refractivity contribution in [1.29, 1.82) is 0 Å². The van der Waals surface area contributed by atoms with Crippen LogP contribution in [0.3, 0.4) is 0 Å². The average Bonchev–Trinajstić information content (AvgIpc) is 3.13. The SMILES string of the molecule is CCCN[C@H]1C[C@@H]1/C(=C/c1ccccc1)C(C)C. The molecule has 2 atom stereocenters. The van der Waals surface area contributed by atoms with E-state index in [1.54, 1.807) is 5.57 Å². The van der Waals surface area contributed by atoms with Gasteiger partial charge in [-0.2, -0.15) is 0 Å². The molecule has 0 heterocycles. The second kappa shape index (κ2) is 6.19. The van der Waals surface area contributed by atoms with E-state index in [4.69, 9.17) is 0 Å². The van der Waals surface area contributed by atoms with Gasteiger partial charge >= 0.3 is 0 Å². The first-order chi connectivity index (χ1) is 8.72. The van der Waals surface area contributed by atoms with Crippen molar-refractivity contribution in [2.24, 2.45) is 11.8 Å². The van der Waals surface area contributed by atoms with E-state index in [0.29, 0.717) is 5.92 Å². The van der Waals surface area contributed by atoms with Gasteiger partial charge in [-0.1, -0.05) is 62.8 Å². The van der Waals surface area contributed by atoms with E-state index >= 15 is 0 Å². The predicted octanol–water partition coefficient (Wildman–Crippen LogP) is 4.11. The summed E-state index contributed by atoms with van der Waals surface area (Å²) in [6.07, 6.45) is 4.93. The Morgan fingerprint density at radius 2 is 2.06 bits per heavy atom. The van der Waals surface area contributed by atoms with Crippen LogP contribution in [0.15, 0.2) is 35.9 Å². The van der Waals surface area contributed by atoms with Gasteiger partial charge in [0.25, 0.3) is 0 Å². The normalized spacial score (nSPS) is 23.4. The minimum atomic E-state index is 0.642. The van der Waals surface area contributed by atoms with Crippen LogP contribution in [-0.4, -0.2) is 12.6 Å². The van der Waals surface area contributed by atoms with Crippen LogP contribution >= 0.6 is 0 Å². The van der Waals surface area contributed by atoms with Crippen molar-refractivity contribution in [2.45, 2.75) is 39.7 Å². The van der Waals surface area contributed by atoms with Crippen molar-refractivity contribution in [3.63, 3.8) is 0 Å². The van der Waals surface area contributed by atoms with Crippen LogP contribution in [0.1, 0.15) is 39.2 Å². The Hall–Kier alpha value is -1.08. The zero-order chi connectivity index (χ0) is 13.0. The number of nitrogens with one attached hydrogen (secondary N) is 1. The molecule has 0 bridgehead atoms. The summed E-state index contributed by atoms with van der Waals surface area (Å²) in [6, 6.07) is 11.4. The highest BCUT2D eigenvalue weighted by Gasteiger charge is 2.39. The average molecular weight is 243 g/mol. The second-order valence-corrected chi connectivity index (χ2v) is 5.61. The van der Waals surface area contributed by atoms with E-state index in [-0.39, 0.29) is 0 Å². The van der Waals surface area contributed by atoms with Crippen molar-refractivity contribution < 1.29 is 0 Å². The van der Waals surface area contributed by atoms with Gasteiger partial charge in [0.1, 0.15) is 0 Å². The van der Waals surface area contributed by atoms with Gasteiger partial charge in [0.05, 0.1) is 0 Å². The molecule has 1 aromatic carbocycles. The summed E-state index contributed by atoms with van der Waals surface area (Å²) in [5, 5.41) is 3.64. The lowest BCUT2D eigenvalue weighted by Crippen LogP contribution is -2.19. The molecule has 0 radical (unpaired) electrons. The first-order valence-corrected chi connectivity index (χ1v) is 7.22. The Morgan fingerprint density at radius 3 is 2.67 bits per heavy atom. The summed E-state index contributed by atoms with van der Waals surface area (Å²) in [4.78, 5) is 0. The van der Waals surface area contributed by atoms with Gasteiger partial charge in [-0.05, 0) is 36.8 Å². The molecular weight excluding hydrogens is 218 g/mol. The Balaban J connectivity index is 2.04. The van der Waals surface area contributed by atoms with Gasteiger partial charge in [0.2, 0.25) is 0 Å². The van der Waals surface area contributed by atoms with Gasteiger partial charge in [0.15, 0.2) is 0 Å². The molecular formula is C17H25N. The fourth-order valence-corrected chi connectivity index (χ4v) is 2.56. The van der Waals surface area contributed by atoms with Crippen LogP contribution in [-0.2, 0) is 0 Å². The molecule has 0 unspecified atom stereocenters. The first-order valence-electron chi connectivity index (χ1n) is 7.22. The molecule has 1 aromatic rings. The zero-order valence-electron chi connectivity index (χ0n) is 11.8. The van der Waals surface area contributed by atoms with Crippen LogP contribution in [0.5, 0.6) is 0 Å². The van der Waals surface area contributed by atoms with Crippen molar-refractivity contribution in [1.82, 2.24) is 5.32 Å². The summed E-state index contributed by atoms with van der Waals surface area (Å²) in [5.74, 6) is 1.40. The lowest BCUT2D eigenvalue weighted by atomic mass is 9.95. The van der Waals surface area contributed by atoms with Crippen molar-refractivity contribution in [3.05, 3.63) is 41.5 Å². The third-order valence-corrected chi connectivity index (χ3v) is 3.67. The minimum Gasteiger partial charge on any atom is -0.313 e. The molecule has 1 nitrogen and oxygen atoms in total. The van der Waals surface area contributed by atoms with Gasteiger partial charge < -0.3 is 5.32 Å². The van der Waals surface area contributed by atoms with Crippen molar-refractivity contribution >= 4 is 6.08 Å². The summed E-state index contributed by atoms with van der Waals surface area (Å²) in [6.45, 7) is 8.00. The highest BCUT2D eigenvalue weighted by molar-refractivity contribution is 5.55. The van der Waals surface area contributed by atoms with E-state index in [9.17, 15) is 0 Å². The standard InChI is InChI=1S/C17H25N/c1-4-10-18-17-12-16(17)15(13(2)3)11-14-8-6-5-7-9-14/h5-9,11,13,16-18H,4,10,12H2,1-3H3/b15-11+/t16-,17+/m1/s1. The molecule has 1 aliphatic rings.